The topological polar surface area (TPSA) is 70.7 Å². The molecule has 2 rings (SSSR count). The van der Waals surface area contributed by atoms with Gasteiger partial charge in [0.2, 0.25) is 0 Å². The number of rotatable bonds is 3. The second-order valence-electron chi connectivity index (χ2n) is 3.57. The van der Waals surface area contributed by atoms with Crippen LogP contribution >= 0.6 is 11.6 Å². The summed E-state index contributed by atoms with van der Waals surface area (Å²) >= 11 is 5.70. The molecule has 0 bridgehead atoms. The number of aliphatic hydroxyl groups is 1. The molecule has 94 valence electrons. The predicted molar refractivity (Wildman–Crippen MR) is 61.1 cm³/mol. The molecule has 1 heterocycles. The third kappa shape index (κ3) is 2.23. The molecule has 4 nitrogen and oxygen atoms in total. The number of carbonyl (C=O) groups is 1. The van der Waals surface area contributed by atoms with Crippen LogP contribution in [0.3, 0.4) is 0 Å². The lowest BCUT2D eigenvalue weighted by atomic mass is 10.0. The van der Waals surface area contributed by atoms with E-state index in [0.29, 0.717) is 0 Å². The van der Waals surface area contributed by atoms with Gasteiger partial charge in [0.15, 0.2) is 5.76 Å². The summed E-state index contributed by atoms with van der Waals surface area (Å²) in [6.07, 6.45) is -0.408. The lowest BCUT2D eigenvalue weighted by molar-refractivity contribution is 0.0687. The Labute approximate surface area is 106 Å². The largest absolute Gasteiger partial charge is 0.478 e. The Morgan fingerprint density at radius 1 is 1.39 bits per heavy atom. The molecule has 1 aromatic carbocycles. The first-order valence-corrected chi connectivity index (χ1v) is 5.32. The van der Waals surface area contributed by atoms with Gasteiger partial charge in [0.05, 0.1) is 6.26 Å². The molecule has 18 heavy (non-hydrogen) atoms. The highest BCUT2D eigenvalue weighted by Gasteiger charge is 2.24. The van der Waals surface area contributed by atoms with Crippen molar-refractivity contribution >= 4 is 17.6 Å². The second-order valence-corrected chi connectivity index (χ2v) is 4.01. The van der Waals surface area contributed by atoms with E-state index < -0.39 is 17.9 Å². The molecule has 2 aromatic rings. The average molecular weight is 271 g/mol. The van der Waals surface area contributed by atoms with Crippen molar-refractivity contribution in [1.82, 2.24) is 0 Å². The monoisotopic (exact) mass is 270 g/mol. The average Bonchev–Trinajstić information content (AvgIpc) is 2.80. The number of hydrogen-bond donors (Lipinski definition) is 2. The first kappa shape index (κ1) is 12.6. The Hall–Kier alpha value is -1.85. The number of carboxylic acid groups (broad SMARTS) is 1. The van der Waals surface area contributed by atoms with Crippen LogP contribution in [0, 0.1) is 5.82 Å². The van der Waals surface area contributed by atoms with E-state index in [-0.39, 0.29) is 21.9 Å². The zero-order valence-electron chi connectivity index (χ0n) is 8.93. The van der Waals surface area contributed by atoms with E-state index in [9.17, 15) is 14.3 Å². The van der Waals surface area contributed by atoms with Crippen molar-refractivity contribution in [2.45, 2.75) is 6.10 Å². The van der Waals surface area contributed by atoms with Crippen molar-refractivity contribution < 1.29 is 23.8 Å². The van der Waals surface area contributed by atoms with Gasteiger partial charge in [-0.1, -0.05) is 11.6 Å². The van der Waals surface area contributed by atoms with Gasteiger partial charge in [-0.3, -0.25) is 0 Å². The molecule has 0 amide bonds. The lowest BCUT2D eigenvalue weighted by Gasteiger charge is -2.10. The minimum absolute atomic E-state index is 0.139. The van der Waals surface area contributed by atoms with Crippen LogP contribution in [0.2, 0.25) is 5.02 Å². The van der Waals surface area contributed by atoms with Gasteiger partial charge < -0.3 is 14.6 Å². The summed E-state index contributed by atoms with van der Waals surface area (Å²) in [5, 5.41) is 19.1. The summed E-state index contributed by atoms with van der Waals surface area (Å²) in [4.78, 5) is 10.9. The molecule has 0 saturated carbocycles. The number of aliphatic hydroxyl groups excluding tert-OH is 1. The molecule has 0 aliphatic carbocycles. The summed E-state index contributed by atoms with van der Waals surface area (Å²) in [5.74, 6) is -2.19. The van der Waals surface area contributed by atoms with Gasteiger partial charge in [0.25, 0.3) is 0 Å². The Balaban J connectivity index is 2.47. The maximum Gasteiger partial charge on any atom is 0.339 e. The molecule has 6 heteroatoms. The van der Waals surface area contributed by atoms with Crippen molar-refractivity contribution in [3.8, 4) is 0 Å². The van der Waals surface area contributed by atoms with Crippen LogP contribution in [-0.4, -0.2) is 16.2 Å². The highest BCUT2D eigenvalue weighted by Crippen LogP contribution is 2.29. The fourth-order valence-electron chi connectivity index (χ4n) is 1.57. The van der Waals surface area contributed by atoms with Crippen LogP contribution in [-0.2, 0) is 0 Å². The van der Waals surface area contributed by atoms with Crippen LogP contribution in [0.15, 0.2) is 34.9 Å². The van der Waals surface area contributed by atoms with Crippen LogP contribution in [0.25, 0.3) is 0 Å². The zero-order chi connectivity index (χ0) is 13.3. The summed E-state index contributed by atoms with van der Waals surface area (Å²) in [7, 11) is 0. The number of carboxylic acids is 1. The Kier molecular flexibility index (Phi) is 3.36. The van der Waals surface area contributed by atoms with E-state index in [4.69, 9.17) is 21.1 Å². The highest BCUT2D eigenvalue weighted by molar-refractivity contribution is 6.30. The Bertz CT molecular complexity index is 594. The van der Waals surface area contributed by atoms with Gasteiger partial charge >= 0.3 is 5.97 Å². The van der Waals surface area contributed by atoms with E-state index >= 15 is 0 Å². The molecule has 0 saturated heterocycles. The maximum absolute atomic E-state index is 13.5. The fourth-order valence-corrected chi connectivity index (χ4v) is 1.76. The Morgan fingerprint density at radius 3 is 2.78 bits per heavy atom. The minimum atomic E-state index is -1.52. The van der Waals surface area contributed by atoms with Crippen molar-refractivity contribution in [3.63, 3.8) is 0 Å². The summed E-state index contributed by atoms with van der Waals surface area (Å²) in [6.45, 7) is 0. The van der Waals surface area contributed by atoms with E-state index in [1.165, 1.54) is 18.2 Å². The molecule has 0 spiro atoms. The van der Waals surface area contributed by atoms with Crippen molar-refractivity contribution in [2.24, 2.45) is 0 Å². The maximum atomic E-state index is 13.5. The smallest absolute Gasteiger partial charge is 0.339 e. The van der Waals surface area contributed by atoms with Crippen molar-refractivity contribution in [3.05, 3.63) is 58.3 Å². The van der Waals surface area contributed by atoms with Gasteiger partial charge in [0, 0.05) is 10.6 Å². The van der Waals surface area contributed by atoms with Gasteiger partial charge in [-0.25, -0.2) is 9.18 Å². The van der Waals surface area contributed by atoms with E-state index in [0.717, 1.165) is 12.3 Å². The number of halogens is 2. The van der Waals surface area contributed by atoms with Crippen LogP contribution < -0.4 is 0 Å². The van der Waals surface area contributed by atoms with Gasteiger partial charge in [0.1, 0.15) is 17.5 Å². The number of furan rings is 1. The van der Waals surface area contributed by atoms with Gasteiger partial charge in [-0.2, -0.15) is 0 Å². The first-order chi connectivity index (χ1) is 8.50. The first-order valence-electron chi connectivity index (χ1n) is 4.94. The normalized spacial score (nSPS) is 12.4. The molecule has 1 atom stereocenters. The van der Waals surface area contributed by atoms with E-state index in [2.05, 4.69) is 0 Å². The molecule has 0 aliphatic heterocycles. The van der Waals surface area contributed by atoms with Crippen LogP contribution in [0.4, 0.5) is 4.39 Å². The second kappa shape index (κ2) is 4.80. The number of aromatic carboxylic acids is 1. The molecule has 2 N–H and O–H groups in total. The highest BCUT2D eigenvalue weighted by atomic mass is 35.5. The lowest BCUT2D eigenvalue weighted by Crippen LogP contribution is -2.07. The summed E-state index contributed by atoms with van der Waals surface area (Å²) < 4.78 is 18.4. The molecule has 0 aliphatic rings. The molecule has 1 aromatic heterocycles. The molecular formula is C12H8ClFO4. The van der Waals surface area contributed by atoms with Crippen molar-refractivity contribution in [1.29, 1.82) is 0 Å². The standard InChI is InChI=1S/C12H8ClFO4/c13-6-1-2-9(14)8(5-6)10(15)11-7(12(16)17)3-4-18-11/h1-5,10,15H,(H,16,17). The van der Waals surface area contributed by atoms with Gasteiger partial charge in [-0.05, 0) is 24.3 Å². The van der Waals surface area contributed by atoms with Crippen LogP contribution in [0.5, 0.6) is 0 Å². The fraction of sp³-hybridized carbons (Fsp3) is 0.0833. The summed E-state index contributed by atoms with van der Waals surface area (Å²) in [5.41, 5.74) is -0.359. The van der Waals surface area contributed by atoms with Crippen molar-refractivity contribution in [2.75, 3.05) is 0 Å². The molecule has 0 radical (unpaired) electrons. The number of benzene rings is 1. The third-order valence-corrected chi connectivity index (χ3v) is 2.66. The Morgan fingerprint density at radius 2 is 2.11 bits per heavy atom. The van der Waals surface area contributed by atoms with Gasteiger partial charge in [-0.15, -0.1) is 0 Å². The molecule has 1 unspecified atom stereocenters. The zero-order valence-corrected chi connectivity index (χ0v) is 9.69. The number of hydrogen-bond acceptors (Lipinski definition) is 3. The molecular weight excluding hydrogens is 263 g/mol. The van der Waals surface area contributed by atoms with E-state index in [1.54, 1.807) is 0 Å². The minimum Gasteiger partial charge on any atom is -0.478 e. The van der Waals surface area contributed by atoms with E-state index in [1.807, 2.05) is 0 Å². The quantitative estimate of drug-likeness (QED) is 0.900. The molecule has 0 fully saturated rings. The summed E-state index contributed by atoms with van der Waals surface area (Å²) in [6, 6.07) is 4.82. The predicted octanol–water partition coefficient (Wildman–Crippen LogP) is 2.85. The third-order valence-electron chi connectivity index (χ3n) is 2.43. The SMILES string of the molecule is O=C(O)c1ccoc1C(O)c1cc(Cl)ccc1F. The van der Waals surface area contributed by atoms with Crippen LogP contribution in [0.1, 0.15) is 27.8 Å².